The molecule has 6 nitrogen and oxygen atoms in total. The highest BCUT2D eigenvalue weighted by Crippen LogP contribution is 2.37. The monoisotopic (exact) mass is 304 g/mol. The maximum Gasteiger partial charge on any atom is 0.346 e. The average molecular weight is 304 g/mol. The van der Waals surface area contributed by atoms with Crippen LogP contribution in [0, 0.1) is 0 Å². The number of rotatable bonds is 5. The summed E-state index contributed by atoms with van der Waals surface area (Å²) in [6.45, 7) is 0.0150. The number of ether oxygens (including phenoxy) is 3. The zero-order valence-electron chi connectivity index (χ0n) is 12.2. The smallest absolute Gasteiger partial charge is 0.346 e. The molecule has 22 heavy (non-hydrogen) atoms. The minimum Gasteiger partial charge on any atom is -0.508 e. The van der Waals surface area contributed by atoms with Crippen LogP contribution in [0.15, 0.2) is 36.4 Å². The van der Waals surface area contributed by atoms with Gasteiger partial charge in [-0.05, 0) is 29.8 Å². The molecule has 0 aliphatic heterocycles. The highest BCUT2D eigenvalue weighted by atomic mass is 16.5. The van der Waals surface area contributed by atoms with Crippen molar-refractivity contribution in [3.63, 3.8) is 0 Å². The minimum absolute atomic E-state index is 0.00458. The summed E-state index contributed by atoms with van der Waals surface area (Å²) in [4.78, 5) is 12.3. The molecule has 0 bridgehead atoms. The number of carbonyl (C=O) groups excluding carboxylic acids is 1. The first-order chi connectivity index (χ1) is 10.6. The van der Waals surface area contributed by atoms with Crippen molar-refractivity contribution in [2.75, 3.05) is 14.2 Å². The molecule has 2 N–H and O–H groups in total. The molecule has 0 spiro atoms. The lowest BCUT2D eigenvalue weighted by Gasteiger charge is -2.13. The Morgan fingerprint density at radius 1 is 1.00 bits per heavy atom. The second kappa shape index (κ2) is 6.71. The number of phenols is 2. The summed E-state index contributed by atoms with van der Waals surface area (Å²) in [5.74, 6) is -0.496. The Balaban J connectivity index is 2.21. The molecule has 0 saturated heterocycles. The normalized spacial score (nSPS) is 10.1. The van der Waals surface area contributed by atoms with Crippen LogP contribution < -0.4 is 9.47 Å². The third kappa shape index (κ3) is 3.22. The van der Waals surface area contributed by atoms with E-state index in [0.29, 0.717) is 5.56 Å². The van der Waals surface area contributed by atoms with Gasteiger partial charge in [0.2, 0.25) is 0 Å². The molecular weight excluding hydrogens is 288 g/mol. The SMILES string of the molecule is COc1ccc(O)c(OC)c1C(=O)OCc1ccc(O)cc1. The Morgan fingerprint density at radius 3 is 2.27 bits per heavy atom. The predicted octanol–water partition coefficient (Wildman–Crippen LogP) is 2.47. The van der Waals surface area contributed by atoms with Crippen LogP contribution in [0.4, 0.5) is 0 Å². The molecule has 0 saturated carbocycles. The Hall–Kier alpha value is -2.89. The fraction of sp³-hybridized carbons (Fsp3) is 0.188. The summed E-state index contributed by atoms with van der Waals surface area (Å²) in [5, 5.41) is 19.0. The third-order valence-corrected chi connectivity index (χ3v) is 3.03. The van der Waals surface area contributed by atoms with Crippen molar-refractivity contribution in [2.24, 2.45) is 0 Å². The van der Waals surface area contributed by atoms with Crippen molar-refractivity contribution in [2.45, 2.75) is 6.61 Å². The summed E-state index contributed by atoms with van der Waals surface area (Å²) in [6.07, 6.45) is 0. The van der Waals surface area contributed by atoms with Crippen LogP contribution in [0.5, 0.6) is 23.0 Å². The minimum atomic E-state index is -0.683. The average Bonchev–Trinajstić information content (AvgIpc) is 2.53. The van der Waals surface area contributed by atoms with Gasteiger partial charge in [0.25, 0.3) is 0 Å². The van der Waals surface area contributed by atoms with Crippen molar-refractivity contribution >= 4 is 5.97 Å². The lowest BCUT2D eigenvalue weighted by Crippen LogP contribution is -2.09. The van der Waals surface area contributed by atoms with Gasteiger partial charge < -0.3 is 24.4 Å². The Morgan fingerprint density at radius 2 is 1.68 bits per heavy atom. The van der Waals surface area contributed by atoms with Crippen LogP contribution >= 0.6 is 0 Å². The quantitative estimate of drug-likeness (QED) is 0.825. The first kappa shape index (κ1) is 15.5. The van der Waals surface area contributed by atoms with E-state index in [0.717, 1.165) is 0 Å². The Kier molecular flexibility index (Phi) is 4.73. The molecule has 0 aromatic heterocycles. The fourth-order valence-electron chi connectivity index (χ4n) is 1.94. The van der Waals surface area contributed by atoms with Crippen LogP contribution in [0.3, 0.4) is 0 Å². The first-order valence-corrected chi connectivity index (χ1v) is 6.45. The van der Waals surface area contributed by atoms with E-state index in [-0.39, 0.29) is 35.2 Å². The van der Waals surface area contributed by atoms with Crippen molar-refractivity contribution in [3.8, 4) is 23.0 Å². The van der Waals surface area contributed by atoms with E-state index in [2.05, 4.69) is 0 Å². The van der Waals surface area contributed by atoms with Gasteiger partial charge >= 0.3 is 5.97 Å². The maximum absolute atomic E-state index is 12.3. The number of esters is 1. The number of aromatic hydroxyl groups is 2. The molecule has 116 valence electrons. The largest absolute Gasteiger partial charge is 0.508 e. The molecule has 0 aliphatic rings. The van der Waals surface area contributed by atoms with E-state index >= 15 is 0 Å². The van der Waals surface area contributed by atoms with Crippen LogP contribution in [0.2, 0.25) is 0 Å². The standard InChI is InChI=1S/C16H16O6/c1-20-13-8-7-12(18)15(21-2)14(13)16(19)22-9-10-3-5-11(17)6-4-10/h3-8,17-18H,9H2,1-2H3. The first-order valence-electron chi connectivity index (χ1n) is 6.45. The molecule has 0 unspecified atom stereocenters. The van der Waals surface area contributed by atoms with Crippen molar-refractivity contribution in [1.82, 2.24) is 0 Å². The molecule has 0 radical (unpaired) electrons. The fourth-order valence-corrected chi connectivity index (χ4v) is 1.94. The summed E-state index contributed by atoms with van der Waals surface area (Å²) in [5.41, 5.74) is 0.730. The van der Waals surface area contributed by atoms with Gasteiger partial charge in [0.05, 0.1) is 14.2 Å². The van der Waals surface area contributed by atoms with Gasteiger partial charge in [0.15, 0.2) is 11.5 Å². The van der Waals surface area contributed by atoms with Crippen LogP contribution in [0.25, 0.3) is 0 Å². The van der Waals surface area contributed by atoms with Crippen LogP contribution in [-0.4, -0.2) is 30.4 Å². The highest BCUT2D eigenvalue weighted by Gasteiger charge is 2.23. The number of hydrogen-bond acceptors (Lipinski definition) is 6. The topological polar surface area (TPSA) is 85.2 Å². The van der Waals surface area contributed by atoms with Crippen molar-refractivity contribution < 1.29 is 29.2 Å². The van der Waals surface area contributed by atoms with Gasteiger partial charge in [-0.25, -0.2) is 4.79 Å². The Bertz CT molecular complexity index is 663. The van der Waals surface area contributed by atoms with Gasteiger partial charge in [0.1, 0.15) is 23.7 Å². The maximum atomic E-state index is 12.3. The van der Waals surface area contributed by atoms with Gasteiger partial charge in [0, 0.05) is 0 Å². The van der Waals surface area contributed by atoms with E-state index in [9.17, 15) is 15.0 Å². The van der Waals surface area contributed by atoms with Gasteiger partial charge in [-0.2, -0.15) is 0 Å². The van der Waals surface area contributed by atoms with E-state index in [4.69, 9.17) is 14.2 Å². The zero-order chi connectivity index (χ0) is 16.1. The molecule has 0 aliphatic carbocycles. The molecular formula is C16H16O6. The molecule has 2 rings (SSSR count). The van der Waals surface area contributed by atoms with Crippen LogP contribution in [0.1, 0.15) is 15.9 Å². The van der Waals surface area contributed by atoms with E-state index in [1.54, 1.807) is 12.1 Å². The molecule has 0 heterocycles. The number of phenolic OH excluding ortho intramolecular Hbond substituents is 2. The van der Waals surface area contributed by atoms with E-state index in [1.807, 2.05) is 0 Å². The number of carbonyl (C=O) groups is 1. The van der Waals surface area contributed by atoms with Crippen molar-refractivity contribution in [1.29, 1.82) is 0 Å². The lowest BCUT2D eigenvalue weighted by atomic mass is 10.1. The van der Waals surface area contributed by atoms with Gasteiger partial charge in [-0.3, -0.25) is 0 Å². The zero-order valence-corrected chi connectivity index (χ0v) is 12.2. The van der Waals surface area contributed by atoms with Gasteiger partial charge in [-0.15, -0.1) is 0 Å². The molecule has 0 atom stereocenters. The van der Waals surface area contributed by atoms with Crippen molar-refractivity contribution in [3.05, 3.63) is 47.5 Å². The third-order valence-electron chi connectivity index (χ3n) is 3.03. The van der Waals surface area contributed by atoms with E-state index < -0.39 is 5.97 Å². The Labute approximate surface area is 127 Å². The summed E-state index contributed by atoms with van der Waals surface area (Å²) in [6, 6.07) is 9.10. The molecule has 0 amide bonds. The number of hydrogen-bond donors (Lipinski definition) is 2. The number of methoxy groups -OCH3 is 2. The second-order valence-electron chi connectivity index (χ2n) is 4.44. The summed E-state index contributed by atoms with van der Waals surface area (Å²) < 4.78 is 15.4. The second-order valence-corrected chi connectivity index (χ2v) is 4.44. The summed E-state index contributed by atoms with van der Waals surface area (Å²) in [7, 11) is 2.74. The summed E-state index contributed by atoms with van der Waals surface area (Å²) >= 11 is 0. The number of benzene rings is 2. The lowest BCUT2D eigenvalue weighted by molar-refractivity contribution is 0.0464. The molecule has 0 fully saturated rings. The van der Waals surface area contributed by atoms with Gasteiger partial charge in [-0.1, -0.05) is 12.1 Å². The predicted molar refractivity (Wildman–Crippen MR) is 78.4 cm³/mol. The van der Waals surface area contributed by atoms with Crippen LogP contribution in [-0.2, 0) is 11.3 Å². The molecule has 2 aromatic rings. The molecule has 2 aromatic carbocycles. The van der Waals surface area contributed by atoms with E-state index in [1.165, 1.54) is 38.5 Å². The highest BCUT2D eigenvalue weighted by molar-refractivity contribution is 5.96. The molecule has 6 heteroatoms.